The fraction of sp³-hybridized carbons (Fsp3) is 0.455. The molecule has 2 aromatic rings. The first-order valence-electron chi connectivity index (χ1n) is 10.6. The second-order valence-electron chi connectivity index (χ2n) is 8.05. The van der Waals surface area contributed by atoms with Crippen molar-refractivity contribution in [1.82, 2.24) is 25.7 Å². The number of aromatic nitrogens is 3. The molecule has 0 unspecified atom stereocenters. The third-order valence-electron chi connectivity index (χ3n) is 5.85. The maximum Gasteiger partial charge on any atom is 0.273 e. The van der Waals surface area contributed by atoms with Crippen LogP contribution in [-0.4, -0.2) is 39.7 Å². The van der Waals surface area contributed by atoms with Gasteiger partial charge >= 0.3 is 0 Å². The number of likely N-dealkylation sites (N-methyl/N-ethyl adjacent to an activating group) is 1. The minimum atomic E-state index is -0.191. The molecule has 2 aliphatic carbocycles. The van der Waals surface area contributed by atoms with Gasteiger partial charge in [-0.25, -0.2) is 5.43 Å². The number of hydrogen-bond acceptors (Lipinski definition) is 5. The summed E-state index contributed by atoms with van der Waals surface area (Å²) >= 11 is 0. The van der Waals surface area contributed by atoms with Gasteiger partial charge in [0.05, 0.1) is 11.8 Å². The first kappa shape index (κ1) is 18.2. The van der Waals surface area contributed by atoms with Crippen molar-refractivity contribution >= 4 is 17.7 Å². The molecule has 3 aliphatic rings. The average Bonchev–Trinajstić information content (AvgIpc) is 3.67. The molecule has 0 radical (unpaired) electrons. The van der Waals surface area contributed by atoms with Crippen LogP contribution in [0.15, 0.2) is 29.3 Å². The van der Waals surface area contributed by atoms with E-state index in [0.717, 1.165) is 25.2 Å². The summed E-state index contributed by atoms with van der Waals surface area (Å²) < 4.78 is 0. The number of rotatable bonds is 8. The Hall–Kier alpha value is -2.80. The smallest absolute Gasteiger partial charge is 0.273 e. The zero-order valence-corrected chi connectivity index (χ0v) is 16.7. The summed E-state index contributed by atoms with van der Waals surface area (Å²) in [6, 6.07) is 0. The fourth-order valence-electron chi connectivity index (χ4n) is 4.16. The Labute approximate surface area is 170 Å². The Morgan fingerprint density at radius 3 is 2.72 bits per heavy atom. The summed E-state index contributed by atoms with van der Waals surface area (Å²) in [5.74, 6) is 1.05. The highest BCUT2D eigenvalue weighted by Gasteiger charge is 2.36. The highest BCUT2D eigenvalue weighted by atomic mass is 16.2. The van der Waals surface area contributed by atoms with Crippen LogP contribution in [0.1, 0.15) is 72.7 Å². The first-order chi connectivity index (χ1) is 14.3. The molecule has 0 aromatic carbocycles. The standard InChI is InChI=1S/C22H26N6O/c1-2-23-8-7-15-19(13-3-4-13)17(26-20(15)14-5-6-14)11-16-21(27-28-22(16)29)18-12-24-9-10-25-18/h9-14,23,26H,2-8H2,1H3,(H,28,29)/b16-11+. The van der Waals surface area contributed by atoms with E-state index in [1.165, 1.54) is 42.5 Å². The van der Waals surface area contributed by atoms with E-state index < -0.39 is 0 Å². The summed E-state index contributed by atoms with van der Waals surface area (Å²) in [4.78, 5) is 24.7. The van der Waals surface area contributed by atoms with Gasteiger partial charge in [0.15, 0.2) is 0 Å². The van der Waals surface area contributed by atoms with E-state index in [9.17, 15) is 4.79 Å². The van der Waals surface area contributed by atoms with E-state index in [4.69, 9.17) is 0 Å². The molecule has 1 amide bonds. The maximum absolute atomic E-state index is 12.5. The van der Waals surface area contributed by atoms with Crippen LogP contribution in [0.25, 0.3) is 6.08 Å². The Balaban J connectivity index is 1.56. The van der Waals surface area contributed by atoms with Crippen LogP contribution in [0, 0.1) is 0 Å². The van der Waals surface area contributed by atoms with Gasteiger partial charge in [0.2, 0.25) is 0 Å². The van der Waals surface area contributed by atoms with Gasteiger partial charge in [0.25, 0.3) is 5.91 Å². The summed E-state index contributed by atoms with van der Waals surface area (Å²) in [5.41, 5.74) is 9.64. The summed E-state index contributed by atoms with van der Waals surface area (Å²) in [6.07, 6.45) is 12.8. The highest BCUT2D eigenvalue weighted by molar-refractivity contribution is 6.32. The molecule has 7 heteroatoms. The Morgan fingerprint density at radius 2 is 2.03 bits per heavy atom. The van der Waals surface area contributed by atoms with Gasteiger partial charge in [0, 0.05) is 23.8 Å². The van der Waals surface area contributed by atoms with Crippen LogP contribution in [0.5, 0.6) is 0 Å². The average molecular weight is 390 g/mol. The van der Waals surface area contributed by atoms with E-state index >= 15 is 0 Å². The number of H-pyrrole nitrogens is 1. The lowest BCUT2D eigenvalue weighted by Crippen LogP contribution is -2.17. The van der Waals surface area contributed by atoms with Gasteiger partial charge in [-0.1, -0.05) is 6.92 Å². The van der Waals surface area contributed by atoms with Gasteiger partial charge in [-0.2, -0.15) is 5.10 Å². The van der Waals surface area contributed by atoms with Crippen molar-refractivity contribution in [2.75, 3.05) is 13.1 Å². The molecule has 3 heterocycles. The molecule has 2 fully saturated rings. The minimum absolute atomic E-state index is 0.191. The van der Waals surface area contributed by atoms with Crippen molar-refractivity contribution in [1.29, 1.82) is 0 Å². The molecule has 29 heavy (non-hydrogen) atoms. The lowest BCUT2D eigenvalue weighted by Gasteiger charge is -2.08. The minimum Gasteiger partial charge on any atom is -0.358 e. The highest BCUT2D eigenvalue weighted by Crippen LogP contribution is 2.49. The van der Waals surface area contributed by atoms with Crippen molar-refractivity contribution in [3.63, 3.8) is 0 Å². The van der Waals surface area contributed by atoms with Gasteiger partial charge in [-0.05, 0) is 74.2 Å². The van der Waals surface area contributed by atoms with Crippen LogP contribution in [0.3, 0.4) is 0 Å². The molecule has 3 N–H and O–H groups in total. The van der Waals surface area contributed by atoms with Crippen LogP contribution in [-0.2, 0) is 11.2 Å². The molecule has 2 aromatic heterocycles. The zero-order valence-electron chi connectivity index (χ0n) is 16.7. The predicted molar refractivity (Wildman–Crippen MR) is 112 cm³/mol. The second-order valence-corrected chi connectivity index (χ2v) is 8.05. The van der Waals surface area contributed by atoms with E-state index in [-0.39, 0.29) is 5.91 Å². The Bertz CT molecular complexity index is 982. The van der Waals surface area contributed by atoms with E-state index in [2.05, 4.69) is 37.7 Å². The van der Waals surface area contributed by atoms with Crippen LogP contribution >= 0.6 is 0 Å². The molecule has 0 saturated heterocycles. The van der Waals surface area contributed by atoms with Crippen LogP contribution < -0.4 is 10.7 Å². The normalized spacial score (nSPS) is 20.2. The summed E-state index contributed by atoms with van der Waals surface area (Å²) in [6.45, 7) is 4.11. The fourth-order valence-corrected chi connectivity index (χ4v) is 4.16. The SMILES string of the molecule is CCNCCc1c(C2CC2)[nH]c(/C=C2/C(=O)NN=C2c2cnccn2)c1C1CC1. The number of hydrogen-bond donors (Lipinski definition) is 3. The van der Waals surface area contributed by atoms with Crippen LogP contribution in [0.4, 0.5) is 0 Å². The third-order valence-corrected chi connectivity index (χ3v) is 5.85. The number of aromatic amines is 1. The first-order valence-corrected chi connectivity index (χ1v) is 10.6. The van der Waals surface area contributed by atoms with E-state index in [1.807, 2.05) is 6.08 Å². The predicted octanol–water partition coefficient (Wildman–Crippen LogP) is 2.63. The van der Waals surface area contributed by atoms with Gasteiger partial charge in [0.1, 0.15) is 11.4 Å². The monoisotopic (exact) mass is 390 g/mol. The largest absolute Gasteiger partial charge is 0.358 e. The number of amides is 1. The summed E-state index contributed by atoms with van der Waals surface area (Å²) in [7, 11) is 0. The maximum atomic E-state index is 12.5. The summed E-state index contributed by atoms with van der Waals surface area (Å²) in [5, 5.41) is 7.67. The molecule has 5 rings (SSSR count). The molecule has 0 atom stereocenters. The molecule has 7 nitrogen and oxygen atoms in total. The second kappa shape index (κ2) is 7.55. The number of carbonyl (C=O) groups excluding carboxylic acids is 1. The lowest BCUT2D eigenvalue weighted by atomic mass is 9.97. The molecule has 0 spiro atoms. The van der Waals surface area contributed by atoms with Gasteiger partial charge in [-0.15, -0.1) is 0 Å². The number of hydrazone groups is 1. The van der Waals surface area contributed by atoms with Gasteiger partial charge in [-0.3, -0.25) is 14.8 Å². The zero-order chi connectivity index (χ0) is 19.8. The Morgan fingerprint density at radius 1 is 1.21 bits per heavy atom. The van der Waals surface area contributed by atoms with Crippen molar-refractivity contribution in [3.05, 3.63) is 52.4 Å². The number of carbonyl (C=O) groups is 1. The quantitative estimate of drug-likeness (QED) is 0.477. The molecule has 150 valence electrons. The third kappa shape index (κ3) is 3.62. The number of nitrogens with one attached hydrogen (secondary N) is 3. The Kier molecular flexibility index (Phi) is 4.75. The van der Waals surface area contributed by atoms with E-state index in [1.54, 1.807) is 18.6 Å². The molecule has 1 aliphatic heterocycles. The topological polar surface area (TPSA) is 95.1 Å². The van der Waals surface area contributed by atoms with Crippen molar-refractivity contribution in [2.45, 2.75) is 50.9 Å². The lowest BCUT2D eigenvalue weighted by molar-refractivity contribution is -0.116. The van der Waals surface area contributed by atoms with Crippen molar-refractivity contribution in [3.8, 4) is 0 Å². The van der Waals surface area contributed by atoms with Crippen molar-refractivity contribution < 1.29 is 4.79 Å². The molecular weight excluding hydrogens is 364 g/mol. The van der Waals surface area contributed by atoms with Crippen LogP contribution in [0.2, 0.25) is 0 Å². The molecule has 0 bridgehead atoms. The van der Waals surface area contributed by atoms with Gasteiger partial charge < -0.3 is 10.3 Å². The van der Waals surface area contributed by atoms with E-state index in [0.29, 0.717) is 28.8 Å². The molecule has 2 saturated carbocycles. The molecular formula is C22H26N6O. The van der Waals surface area contributed by atoms with Crippen molar-refractivity contribution in [2.24, 2.45) is 5.10 Å². The number of nitrogens with zero attached hydrogens (tertiary/aromatic N) is 3.